The van der Waals surface area contributed by atoms with Crippen molar-refractivity contribution in [3.63, 3.8) is 0 Å². The summed E-state index contributed by atoms with van der Waals surface area (Å²) < 4.78 is 35.1. The second-order valence-corrected chi connectivity index (χ2v) is 5.49. The van der Waals surface area contributed by atoms with E-state index in [4.69, 9.17) is 9.29 Å². The second-order valence-electron chi connectivity index (χ2n) is 3.92. The molecule has 0 spiro atoms. The Kier molecular flexibility index (Phi) is 8.69. The molecule has 0 aliphatic carbocycles. The molecule has 0 aliphatic rings. The topological polar surface area (TPSA) is 66.8 Å². The molecule has 5 nitrogen and oxygen atoms in total. The molecule has 0 aliphatic heterocycles. The van der Waals surface area contributed by atoms with Gasteiger partial charge in [-0.3, -0.25) is 4.55 Å². The van der Waals surface area contributed by atoms with Gasteiger partial charge in [0.2, 0.25) is 0 Å². The van der Waals surface area contributed by atoms with Gasteiger partial charge in [0.05, 0.1) is 12.9 Å². The van der Waals surface area contributed by atoms with Gasteiger partial charge >= 0.3 is 29.6 Å². The predicted molar refractivity (Wildman–Crippen MR) is 79.1 cm³/mol. The van der Waals surface area contributed by atoms with Crippen LogP contribution in [0.1, 0.15) is 13.3 Å². The van der Waals surface area contributed by atoms with E-state index in [1.807, 2.05) is 36.1 Å². The molecule has 104 valence electrons. The van der Waals surface area contributed by atoms with Crippen molar-refractivity contribution in [2.24, 2.45) is 0 Å². The van der Waals surface area contributed by atoms with E-state index >= 15 is 0 Å². The van der Waals surface area contributed by atoms with Crippen molar-refractivity contribution in [3.8, 4) is 5.75 Å². The van der Waals surface area contributed by atoms with Crippen molar-refractivity contribution in [3.05, 3.63) is 24.3 Å². The molecule has 0 saturated heterocycles. The molecule has 1 aromatic rings. The number of methoxy groups -OCH3 is 1. The maximum absolute atomic E-state index is 10.7. The summed E-state index contributed by atoms with van der Waals surface area (Å²) in [6.45, 7) is 3.33. The van der Waals surface area contributed by atoms with Crippen LogP contribution in [-0.4, -0.2) is 68.5 Å². The van der Waals surface area contributed by atoms with Gasteiger partial charge in [-0.15, -0.1) is 0 Å². The quantitative estimate of drug-likeness (QED) is 0.604. The van der Waals surface area contributed by atoms with Crippen LogP contribution in [0, 0.1) is 0 Å². The van der Waals surface area contributed by atoms with Gasteiger partial charge in [0, 0.05) is 24.8 Å². The van der Waals surface area contributed by atoms with Crippen LogP contribution in [0.3, 0.4) is 0 Å². The van der Waals surface area contributed by atoms with E-state index in [1.165, 1.54) is 0 Å². The van der Waals surface area contributed by atoms with Gasteiger partial charge in [-0.2, -0.15) is 8.42 Å². The van der Waals surface area contributed by atoms with Crippen molar-refractivity contribution in [2.75, 3.05) is 30.9 Å². The molecule has 0 aromatic heterocycles. The Morgan fingerprint density at radius 1 is 1.37 bits per heavy atom. The molecule has 19 heavy (non-hydrogen) atoms. The summed E-state index contributed by atoms with van der Waals surface area (Å²) >= 11 is 0. The average molecular weight is 297 g/mol. The van der Waals surface area contributed by atoms with Crippen LogP contribution in [-0.2, 0) is 10.1 Å². The van der Waals surface area contributed by atoms with Crippen LogP contribution in [0.15, 0.2) is 24.3 Å². The van der Waals surface area contributed by atoms with Crippen LogP contribution >= 0.6 is 0 Å². The molecule has 7 heteroatoms. The van der Waals surface area contributed by atoms with Crippen LogP contribution in [0.5, 0.6) is 5.75 Å². The van der Waals surface area contributed by atoms with E-state index in [-0.39, 0.29) is 35.3 Å². The van der Waals surface area contributed by atoms with Crippen LogP contribution in [0.4, 0.5) is 5.69 Å². The molecule has 0 saturated carbocycles. The first-order valence-corrected chi connectivity index (χ1v) is 7.41. The number of benzene rings is 1. The summed E-state index contributed by atoms with van der Waals surface area (Å²) in [5.74, 6) is 0.550. The van der Waals surface area contributed by atoms with Gasteiger partial charge in [-0.05, 0) is 25.5 Å². The number of hydrogen-bond acceptors (Lipinski definition) is 4. The fourth-order valence-electron chi connectivity index (χ4n) is 1.71. The summed E-state index contributed by atoms with van der Waals surface area (Å²) in [5, 5.41) is 0. The van der Waals surface area contributed by atoms with E-state index in [2.05, 4.69) is 0 Å². The first-order valence-electron chi connectivity index (χ1n) is 5.80. The zero-order valence-electron chi connectivity index (χ0n) is 10.7. The Labute approximate surface area is 137 Å². The fraction of sp³-hybridized carbons (Fsp3) is 0.500. The third-order valence-corrected chi connectivity index (χ3v) is 3.44. The monoisotopic (exact) mass is 297 g/mol. The number of ether oxygens (including phenoxy) is 1. The molecule has 1 rings (SSSR count). The fourth-order valence-corrected chi connectivity index (χ4v) is 2.21. The first-order chi connectivity index (χ1) is 8.46. The third kappa shape index (κ3) is 7.17. The Morgan fingerprint density at radius 2 is 2.05 bits per heavy atom. The molecule has 0 atom stereocenters. The zero-order chi connectivity index (χ0) is 13.6. The molecule has 0 unspecified atom stereocenters. The van der Waals surface area contributed by atoms with Crippen molar-refractivity contribution < 1.29 is 17.7 Å². The van der Waals surface area contributed by atoms with Crippen LogP contribution < -0.4 is 9.64 Å². The summed E-state index contributed by atoms with van der Waals surface area (Å²) in [4.78, 5) is 2.04. The van der Waals surface area contributed by atoms with Gasteiger partial charge in [0.1, 0.15) is 5.75 Å². The molecule has 1 aromatic carbocycles. The molecule has 0 fully saturated rings. The van der Waals surface area contributed by atoms with Crippen molar-refractivity contribution in [1.29, 1.82) is 0 Å². The average Bonchev–Trinajstić information content (AvgIpc) is 2.33. The van der Waals surface area contributed by atoms with Gasteiger partial charge in [-0.1, -0.05) is 6.07 Å². The predicted octanol–water partition coefficient (Wildman–Crippen LogP) is 1.15. The number of nitrogens with zero attached hydrogens (tertiary/aromatic N) is 1. The molecular formula is C12H20NNaO4S. The summed E-state index contributed by atoms with van der Waals surface area (Å²) in [6.07, 6.45) is 0.393. The van der Waals surface area contributed by atoms with E-state index in [9.17, 15) is 8.42 Å². The number of anilines is 1. The Hall–Kier alpha value is -0.270. The van der Waals surface area contributed by atoms with Gasteiger partial charge < -0.3 is 9.64 Å². The maximum atomic E-state index is 10.7. The number of rotatable bonds is 7. The Balaban J connectivity index is 0.00000324. The Bertz CT molecular complexity index is 478. The van der Waals surface area contributed by atoms with Crippen molar-refractivity contribution >= 4 is 45.4 Å². The summed E-state index contributed by atoms with van der Waals surface area (Å²) in [6, 6.07) is 7.59. The normalized spacial score (nSPS) is 10.7. The van der Waals surface area contributed by atoms with E-state index in [0.29, 0.717) is 13.0 Å². The van der Waals surface area contributed by atoms with Crippen LogP contribution in [0.2, 0.25) is 0 Å². The van der Waals surface area contributed by atoms with Crippen molar-refractivity contribution in [1.82, 2.24) is 0 Å². The SMILES string of the molecule is CCN(CCCS(=O)(=O)O)c1cccc(OC)c1.[NaH]. The van der Waals surface area contributed by atoms with E-state index in [0.717, 1.165) is 18.0 Å². The minimum atomic E-state index is -3.87. The first kappa shape index (κ1) is 18.7. The van der Waals surface area contributed by atoms with Gasteiger partial charge in [-0.25, -0.2) is 0 Å². The molecule has 0 amide bonds. The minimum absolute atomic E-state index is 0. The molecule has 0 heterocycles. The molecule has 1 N–H and O–H groups in total. The van der Waals surface area contributed by atoms with Crippen LogP contribution in [0.25, 0.3) is 0 Å². The Morgan fingerprint density at radius 3 is 2.58 bits per heavy atom. The van der Waals surface area contributed by atoms with E-state index < -0.39 is 10.1 Å². The standard InChI is InChI=1S/C12H19NO4S.Na.H/c1-3-13(8-5-9-18(14,15)16)11-6-4-7-12(10-11)17-2;;/h4,6-7,10H,3,5,8-9H2,1-2H3,(H,14,15,16);;. The van der Waals surface area contributed by atoms with E-state index in [1.54, 1.807) is 7.11 Å². The van der Waals surface area contributed by atoms with Crippen molar-refractivity contribution in [2.45, 2.75) is 13.3 Å². The molecule has 0 radical (unpaired) electrons. The summed E-state index contributed by atoms with van der Waals surface area (Å²) in [5.41, 5.74) is 0.979. The molecule has 0 bridgehead atoms. The van der Waals surface area contributed by atoms with Gasteiger partial charge in [0.15, 0.2) is 0 Å². The summed E-state index contributed by atoms with van der Waals surface area (Å²) in [7, 11) is -2.27. The third-order valence-electron chi connectivity index (χ3n) is 2.63. The zero-order valence-corrected chi connectivity index (χ0v) is 11.5. The second kappa shape index (κ2) is 8.81. The number of hydrogen-bond donors (Lipinski definition) is 1. The molecular weight excluding hydrogens is 277 g/mol. The van der Waals surface area contributed by atoms with Gasteiger partial charge in [0.25, 0.3) is 10.1 Å².